The smallest absolute Gasteiger partial charge is 0.263 e. The molecule has 0 aromatic heterocycles. The second-order valence-corrected chi connectivity index (χ2v) is 9.45. The molecule has 1 amide bonds. The van der Waals surface area contributed by atoms with Crippen molar-refractivity contribution in [2.45, 2.75) is 11.8 Å². The first-order chi connectivity index (χ1) is 13.3. The molecule has 0 saturated carbocycles. The zero-order valence-corrected chi connectivity index (χ0v) is 18.7. The van der Waals surface area contributed by atoms with E-state index < -0.39 is 15.9 Å². The number of hydrogen-bond acceptors (Lipinski definition) is 3. The molecule has 0 atom stereocenters. The number of hydrogen-bond donors (Lipinski definition) is 2. The van der Waals surface area contributed by atoms with Crippen LogP contribution in [0.25, 0.3) is 0 Å². The second kappa shape index (κ2) is 8.46. The van der Waals surface area contributed by atoms with E-state index in [0.717, 1.165) is 10.0 Å². The molecule has 0 heterocycles. The number of rotatable bonds is 5. The summed E-state index contributed by atoms with van der Waals surface area (Å²) < 4.78 is 29.6. The van der Waals surface area contributed by atoms with Crippen molar-refractivity contribution in [1.29, 1.82) is 0 Å². The number of aryl methyl sites for hydroxylation is 1. The highest BCUT2D eigenvalue weighted by atomic mass is 79.9. The Hall–Kier alpha value is -2.16. The van der Waals surface area contributed by atoms with Gasteiger partial charge < -0.3 is 5.32 Å². The summed E-state index contributed by atoms with van der Waals surface area (Å²) in [4.78, 5) is 12.5. The number of carbonyl (C=O) groups is 1. The first-order valence-electron chi connectivity index (χ1n) is 8.21. The van der Waals surface area contributed by atoms with Gasteiger partial charge in [0.1, 0.15) is 4.90 Å². The van der Waals surface area contributed by atoms with Crippen LogP contribution in [0.3, 0.4) is 0 Å². The van der Waals surface area contributed by atoms with Gasteiger partial charge in [-0.25, -0.2) is 8.42 Å². The van der Waals surface area contributed by atoms with E-state index in [1.807, 2.05) is 19.1 Å². The van der Waals surface area contributed by atoms with Crippen molar-refractivity contribution < 1.29 is 13.2 Å². The summed E-state index contributed by atoms with van der Waals surface area (Å²) in [6.45, 7) is 1.81. The van der Waals surface area contributed by atoms with Crippen LogP contribution >= 0.6 is 31.9 Å². The third-order valence-electron chi connectivity index (χ3n) is 3.97. The molecule has 8 heteroatoms. The molecule has 0 bridgehead atoms. The van der Waals surface area contributed by atoms with Crippen LogP contribution in [0.1, 0.15) is 15.9 Å². The maximum absolute atomic E-state index is 12.9. The van der Waals surface area contributed by atoms with Gasteiger partial charge >= 0.3 is 0 Å². The molecular weight excluding hydrogens is 508 g/mol. The van der Waals surface area contributed by atoms with Crippen LogP contribution in [-0.4, -0.2) is 14.3 Å². The van der Waals surface area contributed by atoms with Crippen LogP contribution in [0.2, 0.25) is 0 Å². The minimum Gasteiger partial charge on any atom is -0.322 e. The van der Waals surface area contributed by atoms with E-state index in [0.29, 0.717) is 15.8 Å². The predicted octanol–water partition coefficient (Wildman–Crippen LogP) is 5.57. The van der Waals surface area contributed by atoms with E-state index in [4.69, 9.17) is 0 Å². The van der Waals surface area contributed by atoms with Crippen LogP contribution in [0.15, 0.2) is 80.6 Å². The maximum Gasteiger partial charge on any atom is 0.263 e. The average molecular weight is 524 g/mol. The van der Waals surface area contributed by atoms with Crippen molar-refractivity contribution in [2.24, 2.45) is 0 Å². The fraction of sp³-hybridized carbons (Fsp3) is 0.0500. The third-order valence-corrected chi connectivity index (χ3v) is 6.86. The highest BCUT2D eigenvalue weighted by Gasteiger charge is 2.21. The molecule has 144 valence electrons. The fourth-order valence-corrected chi connectivity index (χ4v) is 4.86. The zero-order chi connectivity index (χ0) is 20.3. The number of halogens is 2. The average Bonchev–Trinajstić information content (AvgIpc) is 2.65. The van der Waals surface area contributed by atoms with Crippen molar-refractivity contribution >= 4 is 59.2 Å². The Balaban J connectivity index is 1.89. The first-order valence-corrected chi connectivity index (χ1v) is 11.3. The van der Waals surface area contributed by atoms with E-state index in [9.17, 15) is 13.2 Å². The van der Waals surface area contributed by atoms with Crippen molar-refractivity contribution in [3.05, 3.63) is 86.8 Å². The van der Waals surface area contributed by atoms with Gasteiger partial charge in [-0.05, 0) is 76.9 Å². The molecule has 3 rings (SSSR count). The van der Waals surface area contributed by atoms with Crippen LogP contribution in [0, 0.1) is 6.92 Å². The minimum absolute atomic E-state index is 0.0146. The Morgan fingerprint density at radius 2 is 1.61 bits per heavy atom. The standard InChI is InChI=1S/C20H16Br2N2O3S/c1-13-4-2-3-5-18(13)24-28(26,27)19-12-14(6-11-17(19)22)20(25)23-16-9-7-15(21)8-10-16/h2-12,24H,1H3,(H,23,25). The number of para-hydroxylation sites is 1. The molecule has 0 aliphatic heterocycles. The van der Waals surface area contributed by atoms with E-state index in [2.05, 4.69) is 41.9 Å². The maximum atomic E-state index is 12.9. The third kappa shape index (κ3) is 4.81. The lowest BCUT2D eigenvalue weighted by molar-refractivity contribution is 0.102. The lowest BCUT2D eigenvalue weighted by atomic mass is 10.2. The van der Waals surface area contributed by atoms with Gasteiger partial charge in [0, 0.05) is 20.2 Å². The molecule has 0 radical (unpaired) electrons. The lowest BCUT2D eigenvalue weighted by Crippen LogP contribution is -2.17. The van der Waals surface area contributed by atoms with E-state index >= 15 is 0 Å². The monoisotopic (exact) mass is 522 g/mol. The molecule has 0 saturated heterocycles. The number of carbonyl (C=O) groups excluding carboxylic acids is 1. The highest BCUT2D eigenvalue weighted by Crippen LogP contribution is 2.27. The van der Waals surface area contributed by atoms with Crippen LogP contribution in [-0.2, 0) is 10.0 Å². The molecule has 5 nitrogen and oxygen atoms in total. The summed E-state index contributed by atoms with van der Waals surface area (Å²) in [5.41, 5.74) is 2.13. The normalized spacial score (nSPS) is 11.1. The molecular formula is C20H16Br2N2O3S. The Morgan fingerprint density at radius 1 is 0.929 bits per heavy atom. The summed E-state index contributed by atoms with van der Waals surface area (Å²) in [7, 11) is -3.88. The molecule has 3 aromatic carbocycles. The first kappa shape index (κ1) is 20.6. The lowest BCUT2D eigenvalue weighted by Gasteiger charge is -2.13. The molecule has 0 aliphatic rings. The molecule has 0 unspecified atom stereocenters. The Bertz CT molecular complexity index is 1130. The van der Waals surface area contributed by atoms with Gasteiger partial charge in [0.15, 0.2) is 0 Å². The van der Waals surface area contributed by atoms with Gasteiger partial charge in [-0.1, -0.05) is 34.1 Å². The molecule has 3 aromatic rings. The van der Waals surface area contributed by atoms with Gasteiger partial charge in [0.05, 0.1) is 5.69 Å². The highest BCUT2D eigenvalue weighted by molar-refractivity contribution is 9.10. The quantitative estimate of drug-likeness (QED) is 0.458. The van der Waals surface area contributed by atoms with E-state index in [1.54, 1.807) is 48.5 Å². The van der Waals surface area contributed by atoms with Crippen molar-refractivity contribution in [1.82, 2.24) is 0 Å². The summed E-state index contributed by atoms with van der Waals surface area (Å²) in [5, 5.41) is 2.75. The van der Waals surface area contributed by atoms with Crippen molar-refractivity contribution in [3.8, 4) is 0 Å². The van der Waals surface area contributed by atoms with E-state index in [1.165, 1.54) is 6.07 Å². The Morgan fingerprint density at radius 3 is 2.29 bits per heavy atom. The Labute approximate surface area is 180 Å². The van der Waals surface area contributed by atoms with Gasteiger partial charge in [-0.2, -0.15) is 0 Å². The minimum atomic E-state index is -3.88. The molecule has 0 fully saturated rings. The fourth-order valence-electron chi connectivity index (χ4n) is 2.47. The van der Waals surface area contributed by atoms with Crippen molar-refractivity contribution in [3.63, 3.8) is 0 Å². The van der Waals surface area contributed by atoms with Gasteiger partial charge in [-0.15, -0.1) is 0 Å². The molecule has 0 spiro atoms. The molecule has 2 N–H and O–H groups in total. The summed E-state index contributed by atoms with van der Waals surface area (Å²) >= 11 is 6.60. The second-order valence-electron chi connectivity index (χ2n) is 6.03. The Kier molecular flexibility index (Phi) is 6.22. The number of sulfonamides is 1. The summed E-state index contributed by atoms with van der Waals surface area (Å²) in [5.74, 6) is -0.401. The van der Waals surface area contributed by atoms with Gasteiger partial charge in [-0.3, -0.25) is 9.52 Å². The molecule has 28 heavy (non-hydrogen) atoms. The predicted molar refractivity (Wildman–Crippen MR) is 118 cm³/mol. The number of nitrogens with one attached hydrogen (secondary N) is 2. The number of benzene rings is 3. The topological polar surface area (TPSA) is 75.3 Å². The van der Waals surface area contributed by atoms with Crippen LogP contribution < -0.4 is 10.0 Å². The largest absolute Gasteiger partial charge is 0.322 e. The summed E-state index contributed by atoms with van der Waals surface area (Å²) in [6.07, 6.45) is 0. The van der Waals surface area contributed by atoms with Gasteiger partial charge in [0.2, 0.25) is 0 Å². The summed E-state index contributed by atoms with van der Waals surface area (Å²) in [6, 6.07) is 18.6. The van der Waals surface area contributed by atoms with Crippen LogP contribution in [0.4, 0.5) is 11.4 Å². The van der Waals surface area contributed by atoms with Crippen molar-refractivity contribution in [2.75, 3.05) is 10.0 Å². The molecule has 0 aliphatic carbocycles. The number of amides is 1. The SMILES string of the molecule is Cc1ccccc1NS(=O)(=O)c1cc(C(=O)Nc2ccc(Br)cc2)ccc1Br. The van der Waals surface area contributed by atoms with Crippen LogP contribution in [0.5, 0.6) is 0 Å². The number of anilines is 2. The van der Waals surface area contributed by atoms with E-state index in [-0.39, 0.29) is 10.5 Å². The zero-order valence-electron chi connectivity index (χ0n) is 14.7. The van der Waals surface area contributed by atoms with Gasteiger partial charge in [0.25, 0.3) is 15.9 Å².